The van der Waals surface area contributed by atoms with Gasteiger partial charge in [-0.3, -0.25) is 0 Å². The normalized spacial score (nSPS) is 10.8. The molecular weight excluding hydrogens is 354 g/mol. The SMILES string of the molecule is Cc1ccc(-c2noc(-c3ccc(N)cc3Cl)n2)cc1Br. The quantitative estimate of drug-likeness (QED) is 0.669. The number of nitrogens with zero attached hydrogens (tertiary/aromatic N) is 2. The summed E-state index contributed by atoms with van der Waals surface area (Å²) in [5.41, 5.74) is 8.94. The molecule has 0 amide bonds. The van der Waals surface area contributed by atoms with E-state index in [-0.39, 0.29) is 0 Å². The Morgan fingerprint density at radius 2 is 2.00 bits per heavy atom. The smallest absolute Gasteiger partial charge is 0.259 e. The molecule has 0 aliphatic carbocycles. The third-order valence-corrected chi connectivity index (χ3v) is 4.25. The Bertz CT molecular complexity index is 816. The summed E-state index contributed by atoms with van der Waals surface area (Å²) < 4.78 is 6.29. The first-order chi connectivity index (χ1) is 10.0. The third kappa shape index (κ3) is 2.80. The molecule has 0 saturated heterocycles. The topological polar surface area (TPSA) is 64.9 Å². The Hall–Kier alpha value is -1.85. The molecule has 3 rings (SSSR count). The lowest BCUT2D eigenvalue weighted by Gasteiger charge is -2.00. The van der Waals surface area contributed by atoms with Gasteiger partial charge in [0.2, 0.25) is 5.82 Å². The largest absolute Gasteiger partial charge is 0.399 e. The average Bonchev–Trinajstić information content (AvgIpc) is 2.91. The maximum absolute atomic E-state index is 6.15. The fraction of sp³-hybridized carbons (Fsp3) is 0.0667. The van der Waals surface area contributed by atoms with Gasteiger partial charge in [0.25, 0.3) is 5.89 Å². The summed E-state index contributed by atoms with van der Waals surface area (Å²) in [6, 6.07) is 11.1. The second kappa shape index (κ2) is 5.50. The lowest BCUT2D eigenvalue weighted by molar-refractivity contribution is 0.432. The maximum Gasteiger partial charge on any atom is 0.259 e. The Labute approximate surface area is 135 Å². The highest BCUT2D eigenvalue weighted by atomic mass is 79.9. The molecule has 0 radical (unpaired) electrons. The van der Waals surface area contributed by atoms with Crippen molar-refractivity contribution in [1.29, 1.82) is 0 Å². The van der Waals surface area contributed by atoms with Gasteiger partial charge in [-0.1, -0.05) is 44.8 Å². The van der Waals surface area contributed by atoms with E-state index >= 15 is 0 Å². The number of halogens is 2. The van der Waals surface area contributed by atoms with Crippen molar-refractivity contribution in [3.8, 4) is 22.8 Å². The summed E-state index contributed by atoms with van der Waals surface area (Å²) in [4.78, 5) is 4.39. The van der Waals surface area contributed by atoms with E-state index in [2.05, 4.69) is 26.1 Å². The molecule has 21 heavy (non-hydrogen) atoms. The van der Waals surface area contributed by atoms with Gasteiger partial charge in [-0.2, -0.15) is 4.98 Å². The van der Waals surface area contributed by atoms with Crippen LogP contribution in [0.1, 0.15) is 5.56 Å². The Balaban J connectivity index is 2.01. The molecule has 0 aliphatic rings. The first kappa shape index (κ1) is 14.1. The standard InChI is InChI=1S/C15H11BrClN3O/c1-8-2-3-9(6-12(8)16)14-19-15(21-20-14)11-5-4-10(18)7-13(11)17/h2-7H,18H2,1H3. The van der Waals surface area contributed by atoms with E-state index in [1.165, 1.54) is 0 Å². The number of aromatic nitrogens is 2. The van der Waals surface area contributed by atoms with Crippen molar-refractivity contribution in [2.24, 2.45) is 0 Å². The fourth-order valence-corrected chi connectivity index (χ4v) is 2.54. The molecule has 1 aromatic heterocycles. The molecule has 0 fully saturated rings. The van der Waals surface area contributed by atoms with E-state index in [1.807, 2.05) is 25.1 Å². The van der Waals surface area contributed by atoms with E-state index in [1.54, 1.807) is 18.2 Å². The average molecular weight is 365 g/mol. The van der Waals surface area contributed by atoms with Crippen LogP contribution in [0.3, 0.4) is 0 Å². The molecule has 0 spiro atoms. The zero-order valence-corrected chi connectivity index (χ0v) is 13.4. The lowest BCUT2D eigenvalue weighted by atomic mass is 10.1. The lowest BCUT2D eigenvalue weighted by Crippen LogP contribution is -1.86. The van der Waals surface area contributed by atoms with E-state index < -0.39 is 0 Å². The highest BCUT2D eigenvalue weighted by Crippen LogP contribution is 2.30. The number of nitrogen functional groups attached to an aromatic ring is 1. The second-order valence-electron chi connectivity index (χ2n) is 4.63. The van der Waals surface area contributed by atoms with E-state index in [4.69, 9.17) is 21.9 Å². The Kier molecular flexibility index (Phi) is 3.69. The van der Waals surface area contributed by atoms with E-state index in [0.717, 1.165) is 15.6 Å². The first-order valence-corrected chi connectivity index (χ1v) is 7.37. The molecule has 3 aromatic rings. The van der Waals surface area contributed by atoms with E-state index in [0.29, 0.717) is 28.0 Å². The van der Waals surface area contributed by atoms with Gasteiger partial charge in [0.1, 0.15) is 0 Å². The highest BCUT2D eigenvalue weighted by molar-refractivity contribution is 9.10. The predicted molar refractivity (Wildman–Crippen MR) is 87.0 cm³/mol. The van der Waals surface area contributed by atoms with Crippen LogP contribution in [-0.4, -0.2) is 10.1 Å². The van der Waals surface area contributed by atoms with E-state index in [9.17, 15) is 0 Å². The fourth-order valence-electron chi connectivity index (χ4n) is 1.89. The molecule has 0 bridgehead atoms. The van der Waals surface area contributed by atoms with Crippen LogP contribution in [0, 0.1) is 6.92 Å². The molecular formula is C15H11BrClN3O. The number of rotatable bonds is 2. The summed E-state index contributed by atoms with van der Waals surface area (Å²) in [5.74, 6) is 0.880. The van der Waals surface area contributed by atoms with Crippen molar-refractivity contribution in [3.63, 3.8) is 0 Å². The molecule has 1 heterocycles. The number of hydrogen-bond donors (Lipinski definition) is 1. The minimum Gasteiger partial charge on any atom is -0.399 e. The minimum atomic E-state index is 0.367. The molecule has 0 atom stereocenters. The van der Waals surface area contributed by atoms with Crippen molar-refractivity contribution in [2.75, 3.05) is 5.73 Å². The Morgan fingerprint density at radius 1 is 1.19 bits per heavy atom. The number of hydrogen-bond acceptors (Lipinski definition) is 4. The summed E-state index contributed by atoms with van der Waals surface area (Å²) in [5, 5.41) is 4.48. The Morgan fingerprint density at radius 3 is 2.71 bits per heavy atom. The number of benzene rings is 2. The molecule has 4 nitrogen and oxygen atoms in total. The predicted octanol–water partition coefficient (Wildman–Crippen LogP) is 4.71. The second-order valence-corrected chi connectivity index (χ2v) is 5.89. The molecule has 6 heteroatoms. The first-order valence-electron chi connectivity index (χ1n) is 6.20. The monoisotopic (exact) mass is 363 g/mol. The van der Waals surface area contributed by atoms with Crippen LogP contribution in [-0.2, 0) is 0 Å². The molecule has 2 aromatic carbocycles. The highest BCUT2D eigenvalue weighted by Gasteiger charge is 2.14. The van der Waals surface area contributed by atoms with Crippen LogP contribution in [0.4, 0.5) is 5.69 Å². The molecule has 0 aliphatic heterocycles. The van der Waals surface area contributed by atoms with Crippen LogP contribution in [0.5, 0.6) is 0 Å². The van der Waals surface area contributed by atoms with Crippen LogP contribution >= 0.6 is 27.5 Å². The van der Waals surface area contributed by atoms with Crippen molar-refractivity contribution < 1.29 is 4.52 Å². The van der Waals surface area contributed by atoms with Gasteiger partial charge in [0, 0.05) is 15.7 Å². The van der Waals surface area contributed by atoms with Crippen molar-refractivity contribution in [3.05, 3.63) is 51.5 Å². The van der Waals surface area contributed by atoms with Crippen LogP contribution < -0.4 is 5.73 Å². The summed E-state index contributed by atoms with van der Waals surface area (Å²) in [6.45, 7) is 2.02. The summed E-state index contributed by atoms with van der Waals surface area (Å²) >= 11 is 9.64. The molecule has 2 N–H and O–H groups in total. The minimum absolute atomic E-state index is 0.367. The van der Waals surface area contributed by atoms with Gasteiger partial charge in [-0.15, -0.1) is 0 Å². The van der Waals surface area contributed by atoms with Gasteiger partial charge in [-0.05, 0) is 36.8 Å². The summed E-state index contributed by atoms with van der Waals surface area (Å²) in [6.07, 6.45) is 0. The van der Waals surface area contributed by atoms with Crippen molar-refractivity contribution >= 4 is 33.2 Å². The van der Waals surface area contributed by atoms with Gasteiger partial charge in [0.15, 0.2) is 0 Å². The van der Waals surface area contributed by atoms with Gasteiger partial charge in [0.05, 0.1) is 10.6 Å². The van der Waals surface area contributed by atoms with Crippen molar-refractivity contribution in [2.45, 2.75) is 6.92 Å². The van der Waals surface area contributed by atoms with Crippen molar-refractivity contribution in [1.82, 2.24) is 10.1 Å². The van der Waals surface area contributed by atoms with Gasteiger partial charge < -0.3 is 10.3 Å². The number of anilines is 1. The third-order valence-electron chi connectivity index (χ3n) is 3.08. The molecule has 0 unspecified atom stereocenters. The van der Waals surface area contributed by atoms with Crippen LogP contribution in [0.15, 0.2) is 45.4 Å². The van der Waals surface area contributed by atoms with Crippen LogP contribution in [0.25, 0.3) is 22.8 Å². The number of aryl methyl sites for hydroxylation is 1. The maximum atomic E-state index is 6.15. The number of nitrogens with two attached hydrogens (primary N) is 1. The van der Waals surface area contributed by atoms with Gasteiger partial charge in [-0.25, -0.2) is 0 Å². The zero-order chi connectivity index (χ0) is 15.0. The molecule has 106 valence electrons. The van der Waals surface area contributed by atoms with Gasteiger partial charge >= 0.3 is 0 Å². The van der Waals surface area contributed by atoms with Crippen LogP contribution in [0.2, 0.25) is 5.02 Å². The zero-order valence-electron chi connectivity index (χ0n) is 11.1. The molecule has 0 saturated carbocycles. The summed E-state index contributed by atoms with van der Waals surface area (Å²) in [7, 11) is 0.